The minimum Gasteiger partial charge on any atom is -0.480 e. The second-order valence-electron chi connectivity index (χ2n) is 4.07. The molecule has 1 heterocycles. The Morgan fingerprint density at radius 2 is 2.25 bits per heavy atom. The molecule has 0 radical (unpaired) electrons. The molecule has 0 spiro atoms. The number of amides is 1. The van der Waals surface area contributed by atoms with Crippen molar-refractivity contribution in [3.63, 3.8) is 0 Å². The van der Waals surface area contributed by atoms with Gasteiger partial charge in [-0.25, -0.2) is 4.79 Å². The summed E-state index contributed by atoms with van der Waals surface area (Å²) in [7, 11) is 0. The van der Waals surface area contributed by atoms with Gasteiger partial charge in [-0.1, -0.05) is 0 Å². The maximum absolute atomic E-state index is 11.7. The zero-order chi connectivity index (χ0) is 11.7. The van der Waals surface area contributed by atoms with E-state index in [1.807, 2.05) is 0 Å². The van der Waals surface area contributed by atoms with Crippen molar-refractivity contribution in [3.8, 4) is 0 Å². The maximum atomic E-state index is 11.7. The average molecular weight is 223 g/mol. The number of carboxylic acids is 1. The van der Waals surface area contributed by atoms with E-state index >= 15 is 0 Å². The fraction of sp³-hybridized carbons (Fsp3) is 0.455. The fourth-order valence-electron chi connectivity index (χ4n) is 1.60. The van der Waals surface area contributed by atoms with Gasteiger partial charge >= 0.3 is 5.97 Å². The van der Waals surface area contributed by atoms with E-state index in [1.54, 1.807) is 13.0 Å². The zero-order valence-corrected chi connectivity index (χ0v) is 8.90. The van der Waals surface area contributed by atoms with Gasteiger partial charge in [0.15, 0.2) is 0 Å². The van der Waals surface area contributed by atoms with Crippen molar-refractivity contribution in [1.82, 2.24) is 5.32 Å². The molecular weight excluding hydrogens is 210 g/mol. The quantitative estimate of drug-likeness (QED) is 0.803. The lowest BCUT2D eigenvalue weighted by Crippen LogP contribution is -2.42. The minimum atomic E-state index is -0.976. The summed E-state index contributed by atoms with van der Waals surface area (Å²) >= 11 is 0. The van der Waals surface area contributed by atoms with E-state index in [1.165, 1.54) is 6.26 Å². The average Bonchev–Trinajstić information content (AvgIpc) is 2.96. The van der Waals surface area contributed by atoms with E-state index in [-0.39, 0.29) is 5.92 Å². The summed E-state index contributed by atoms with van der Waals surface area (Å²) in [5, 5.41) is 11.5. The largest absolute Gasteiger partial charge is 0.480 e. The maximum Gasteiger partial charge on any atom is 0.326 e. The van der Waals surface area contributed by atoms with Crippen LogP contribution in [0.15, 0.2) is 16.7 Å². The van der Waals surface area contributed by atoms with E-state index in [9.17, 15) is 9.59 Å². The third kappa shape index (κ3) is 2.24. The molecule has 86 valence electrons. The SMILES string of the molecule is Cc1cc(C(=O)NC(C(=O)O)C2CC2)co1. The lowest BCUT2D eigenvalue weighted by atomic mass is 10.1. The molecule has 5 nitrogen and oxygen atoms in total. The van der Waals surface area contributed by atoms with Crippen LogP contribution in [-0.4, -0.2) is 23.0 Å². The molecule has 0 saturated heterocycles. The number of furan rings is 1. The number of aliphatic carboxylic acids is 1. The first-order valence-corrected chi connectivity index (χ1v) is 5.16. The molecule has 2 N–H and O–H groups in total. The molecule has 5 heteroatoms. The number of rotatable bonds is 4. The summed E-state index contributed by atoms with van der Waals surface area (Å²) in [6, 6.07) is 0.809. The summed E-state index contributed by atoms with van der Waals surface area (Å²) in [5.41, 5.74) is 0.365. The lowest BCUT2D eigenvalue weighted by Gasteiger charge is -2.12. The Balaban J connectivity index is 2.02. The number of carbonyl (C=O) groups excluding carboxylic acids is 1. The molecule has 1 unspecified atom stereocenters. The highest BCUT2D eigenvalue weighted by atomic mass is 16.4. The third-order valence-electron chi connectivity index (χ3n) is 2.64. The van der Waals surface area contributed by atoms with E-state index in [4.69, 9.17) is 9.52 Å². The van der Waals surface area contributed by atoms with Crippen LogP contribution in [0.1, 0.15) is 29.0 Å². The third-order valence-corrected chi connectivity index (χ3v) is 2.64. The van der Waals surface area contributed by atoms with Gasteiger partial charge in [0, 0.05) is 0 Å². The monoisotopic (exact) mass is 223 g/mol. The Labute approximate surface area is 92.4 Å². The predicted octanol–water partition coefficient (Wildman–Crippen LogP) is 1.18. The van der Waals surface area contributed by atoms with Crippen molar-refractivity contribution in [3.05, 3.63) is 23.7 Å². The Kier molecular flexibility index (Phi) is 2.68. The van der Waals surface area contributed by atoms with E-state index in [0.717, 1.165) is 12.8 Å². The Morgan fingerprint density at radius 1 is 1.56 bits per heavy atom. The highest BCUT2D eigenvalue weighted by Gasteiger charge is 2.37. The number of nitrogens with one attached hydrogen (secondary N) is 1. The van der Waals surface area contributed by atoms with Crippen LogP contribution in [0.25, 0.3) is 0 Å². The summed E-state index contributed by atoms with van der Waals surface area (Å²) in [4.78, 5) is 22.6. The predicted molar refractivity (Wildman–Crippen MR) is 55.1 cm³/mol. The van der Waals surface area contributed by atoms with Crippen molar-refractivity contribution < 1.29 is 19.1 Å². The fourth-order valence-corrected chi connectivity index (χ4v) is 1.60. The molecule has 16 heavy (non-hydrogen) atoms. The Hall–Kier alpha value is -1.78. The van der Waals surface area contributed by atoms with Gasteiger partial charge in [0.1, 0.15) is 18.1 Å². The number of carboxylic acid groups (broad SMARTS) is 1. The van der Waals surface area contributed by atoms with Gasteiger partial charge in [0.05, 0.1) is 5.56 Å². The van der Waals surface area contributed by atoms with Crippen LogP contribution in [0.4, 0.5) is 0 Å². The second-order valence-corrected chi connectivity index (χ2v) is 4.07. The highest BCUT2D eigenvalue weighted by molar-refractivity contribution is 5.96. The number of hydrogen-bond donors (Lipinski definition) is 2. The first kappa shape index (κ1) is 10.7. The molecule has 1 saturated carbocycles. The molecular formula is C11H13NO4. The molecule has 0 aliphatic heterocycles. The van der Waals surface area contributed by atoms with Crippen molar-refractivity contribution in [2.24, 2.45) is 5.92 Å². The standard InChI is InChI=1S/C11H13NO4/c1-6-4-8(5-16-6)10(13)12-9(11(14)15)7-2-3-7/h4-5,7,9H,2-3H2,1H3,(H,12,13)(H,14,15). The topological polar surface area (TPSA) is 79.5 Å². The first-order chi connectivity index (χ1) is 7.58. The van der Waals surface area contributed by atoms with Crippen molar-refractivity contribution in [2.75, 3.05) is 0 Å². The van der Waals surface area contributed by atoms with Crippen LogP contribution >= 0.6 is 0 Å². The molecule has 1 amide bonds. The van der Waals surface area contributed by atoms with Crippen molar-refractivity contribution in [1.29, 1.82) is 0 Å². The van der Waals surface area contributed by atoms with Gasteiger partial charge in [-0.05, 0) is 31.7 Å². The van der Waals surface area contributed by atoms with Crippen LogP contribution < -0.4 is 5.32 Å². The molecule has 1 aromatic heterocycles. The Morgan fingerprint density at radius 3 is 2.69 bits per heavy atom. The van der Waals surface area contributed by atoms with E-state index in [2.05, 4.69) is 5.32 Å². The minimum absolute atomic E-state index is 0.0782. The molecule has 0 bridgehead atoms. The molecule has 1 aliphatic rings. The number of carbonyl (C=O) groups is 2. The van der Waals surface area contributed by atoms with Gasteiger partial charge in [-0.2, -0.15) is 0 Å². The molecule has 1 aliphatic carbocycles. The number of hydrogen-bond acceptors (Lipinski definition) is 3. The normalized spacial score (nSPS) is 16.8. The van der Waals surface area contributed by atoms with Crippen LogP contribution in [0.3, 0.4) is 0 Å². The molecule has 1 aromatic rings. The van der Waals surface area contributed by atoms with Crippen molar-refractivity contribution >= 4 is 11.9 Å². The van der Waals surface area contributed by atoms with Crippen molar-refractivity contribution in [2.45, 2.75) is 25.8 Å². The smallest absolute Gasteiger partial charge is 0.326 e. The van der Waals surface area contributed by atoms with Gasteiger partial charge in [-0.15, -0.1) is 0 Å². The highest BCUT2D eigenvalue weighted by Crippen LogP contribution is 2.32. The summed E-state index contributed by atoms with van der Waals surface area (Å²) in [6.07, 6.45) is 3.06. The van der Waals surface area contributed by atoms with Crippen LogP contribution in [0.2, 0.25) is 0 Å². The van der Waals surface area contributed by atoms with Gasteiger partial charge < -0.3 is 14.8 Å². The summed E-state index contributed by atoms with van der Waals surface area (Å²) in [6.45, 7) is 1.73. The lowest BCUT2D eigenvalue weighted by molar-refractivity contribution is -0.139. The molecule has 1 atom stereocenters. The van der Waals surface area contributed by atoms with Crippen LogP contribution in [0.5, 0.6) is 0 Å². The van der Waals surface area contributed by atoms with Crippen LogP contribution in [0, 0.1) is 12.8 Å². The summed E-state index contributed by atoms with van der Waals surface area (Å²) < 4.78 is 5.00. The Bertz CT molecular complexity index is 419. The number of aryl methyl sites for hydroxylation is 1. The molecule has 2 rings (SSSR count). The van der Waals surface area contributed by atoms with E-state index in [0.29, 0.717) is 11.3 Å². The second kappa shape index (κ2) is 4.00. The van der Waals surface area contributed by atoms with Gasteiger partial charge in [-0.3, -0.25) is 4.79 Å². The zero-order valence-electron chi connectivity index (χ0n) is 8.90. The van der Waals surface area contributed by atoms with Gasteiger partial charge in [0.25, 0.3) is 5.91 Å². The van der Waals surface area contributed by atoms with E-state index < -0.39 is 17.9 Å². The summed E-state index contributed by atoms with van der Waals surface area (Å²) in [5.74, 6) is -0.662. The van der Waals surface area contributed by atoms with Crippen LogP contribution in [-0.2, 0) is 4.79 Å². The molecule has 1 fully saturated rings. The van der Waals surface area contributed by atoms with Gasteiger partial charge in [0.2, 0.25) is 0 Å². The first-order valence-electron chi connectivity index (χ1n) is 5.16. The molecule has 0 aromatic carbocycles.